The number of imidazole rings is 1. The van der Waals surface area contributed by atoms with Crippen molar-refractivity contribution < 1.29 is 18.1 Å². The highest BCUT2D eigenvalue weighted by Crippen LogP contribution is 2.12. The minimum Gasteiger partial charge on any atom is -0.392 e. The molecule has 250 valence electrons. The monoisotopic (exact) mass is 629 g/mol. The van der Waals surface area contributed by atoms with E-state index in [1.807, 2.05) is 0 Å². The van der Waals surface area contributed by atoms with Gasteiger partial charge in [-0.3, -0.25) is 18.5 Å². The van der Waals surface area contributed by atoms with Crippen LogP contribution in [0, 0.1) is 0 Å². The summed E-state index contributed by atoms with van der Waals surface area (Å²) in [6.07, 6.45) is 23.9. The van der Waals surface area contributed by atoms with Crippen LogP contribution in [0.5, 0.6) is 0 Å². The lowest BCUT2D eigenvalue weighted by atomic mass is 10.1. The van der Waals surface area contributed by atoms with Crippen molar-refractivity contribution in [2.45, 2.75) is 135 Å². The van der Waals surface area contributed by atoms with Crippen LogP contribution in [0.2, 0.25) is 0 Å². The fourth-order valence-electron chi connectivity index (χ4n) is 5.24. The van der Waals surface area contributed by atoms with Crippen molar-refractivity contribution in [2.75, 3.05) is 19.3 Å². The molecule has 0 bridgehead atoms. The number of aliphatic hydroxyl groups excluding tert-OH is 1. The van der Waals surface area contributed by atoms with Gasteiger partial charge in [-0.2, -0.15) is 8.42 Å². The first-order valence-corrected chi connectivity index (χ1v) is 18.2. The van der Waals surface area contributed by atoms with E-state index in [1.54, 1.807) is 25.0 Å². The van der Waals surface area contributed by atoms with Crippen LogP contribution in [0.1, 0.15) is 122 Å². The molecule has 0 aliphatic carbocycles. The predicted octanol–water partition coefficient (Wildman–Crippen LogP) is 4.93. The second kappa shape index (κ2) is 22.5. The Morgan fingerprint density at radius 3 is 1.88 bits per heavy atom. The molecule has 0 aliphatic heterocycles. The first kappa shape index (κ1) is 39.0. The van der Waals surface area contributed by atoms with Crippen molar-refractivity contribution in [2.24, 2.45) is 14.1 Å². The maximum atomic E-state index is 12.7. The molecule has 2 aromatic heterocycles. The summed E-state index contributed by atoms with van der Waals surface area (Å²) in [4.78, 5) is 29.4. The van der Waals surface area contributed by atoms with Gasteiger partial charge in [0, 0.05) is 27.2 Å². The van der Waals surface area contributed by atoms with Crippen LogP contribution >= 0.6 is 0 Å². The quantitative estimate of drug-likeness (QED) is 0.116. The van der Waals surface area contributed by atoms with Crippen LogP contribution in [0.3, 0.4) is 0 Å². The van der Waals surface area contributed by atoms with Gasteiger partial charge in [0.15, 0.2) is 11.2 Å². The molecule has 0 fully saturated rings. The van der Waals surface area contributed by atoms with Gasteiger partial charge in [-0.15, -0.1) is 0 Å². The first-order chi connectivity index (χ1) is 20.5. The fourth-order valence-corrected chi connectivity index (χ4v) is 5.24. The molecule has 2 rings (SSSR count). The highest BCUT2D eigenvalue weighted by Gasteiger charge is 2.14. The Morgan fingerprint density at radius 2 is 1.33 bits per heavy atom. The summed E-state index contributed by atoms with van der Waals surface area (Å²) in [7, 11) is -0.222. The zero-order valence-corrected chi connectivity index (χ0v) is 28.0. The Hall–Kier alpha value is -2.02. The topological polar surface area (TPSA) is 148 Å². The summed E-state index contributed by atoms with van der Waals surface area (Å²) in [6, 6.07) is 0. The van der Waals surface area contributed by atoms with Crippen LogP contribution < -0.4 is 16.6 Å². The molecular weight excluding hydrogens is 570 g/mol. The normalized spacial score (nSPS) is 12.4. The van der Waals surface area contributed by atoms with E-state index < -0.39 is 10.1 Å². The number of fused-ring (bicyclic) bond motifs is 1. The smallest absolute Gasteiger partial charge is 0.332 e. The van der Waals surface area contributed by atoms with Crippen molar-refractivity contribution in [3.8, 4) is 0 Å². The summed E-state index contributed by atoms with van der Waals surface area (Å²) < 4.78 is 30.3. The van der Waals surface area contributed by atoms with Crippen molar-refractivity contribution in [1.82, 2.24) is 24.0 Å². The van der Waals surface area contributed by atoms with E-state index in [-0.39, 0.29) is 17.4 Å². The van der Waals surface area contributed by atoms with Crippen LogP contribution in [-0.2, 0) is 30.8 Å². The minimum absolute atomic E-state index is 0.240. The summed E-state index contributed by atoms with van der Waals surface area (Å²) in [6.45, 7) is 4.44. The SMILES string of the molecule is CCCCCCCCCCCCNCC(O)CCCCCCCCCn1c(=O)c2c(ncn2C)n(C)c1=O.CS(=O)(=O)O. The molecule has 1 atom stereocenters. The first-order valence-electron chi connectivity index (χ1n) is 16.4. The standard InChI is InChI=1S/C30H55N5O3.CH4O3S/c1-4-5-6-7-8-9-10-13-16-19-22-31-24-26(36)21-18-15-12-11-14-17-20-23-35-29(37)27-28(32-25-33(27)2)34(3)30(35)38;1-5(2,3)4/h25-26,31,36H,4-24H2,1-3H3;1H3,(H,2,3,4). The van der Waals surface area contributed by atoms with Crippen LogP contribution in [0.15, 0.2) is 15.9 Å². The third-order valence-corrected chi connectivity index (χ3v) is 7.71. The molecule has 0 aromatic carbocycles. The molecule has 0 amide bonds. The molecule has 3 N–H and O–H groups in total. The van der Waals surface area contributed by atoms with Crippen molar-refractivity contribution in [3.63, 3.8) is 0 Å². The van der Waals surface area contributed by atoms with Crippen molar-refractivity contribution in [1.29, 1.82) is 0 Å². The van der Waals surface area contributed by atoms with Gasteiger partial charge in [0.05, 0.1) is 18.7 Å². The van der Waals surface area contributed by atoms with Crippen LogP contribution in [-0.4, -0.2) is 62.2 Å². The number of hydrogen-bond donors (Lipinski definition) is 3. The summed E-state index contributed by atoms with van der Waals surface area (Å²) >= 11 is 0. The molecule has 12 heteroatoms. The average Bonchev–Trinajstić information content (AvgIpc) is 3.33. The largest absolute Gasteiger partial charge is 0.392 e. The second-order valence-electron chi connectivity index (χ2n) is 11.9. The molecule has 0 saturated heterocycles. The van der Waals surface area contributed by atoms with Gasteiger partial charge < -0.3 is 15.0 Å². The van der Waals surface area contributed by atoms with Gasteiger partial charge in [-0.25, -0.2) is 9.78 Å². The maximum absolute atomic E-state index is 12.7. The molecule has 2 heterocycles. The number of hydrogen-bond acceptors (Lipinski definition) is 7. The van der Waals surface area contributed by atoms with Crippen molar-refractivity contribution >= 4 is 21.3 Å². The van der Waals surface area contributed by atoms with E-state index in [2.05, 4.69) is 17.2 Å². The van der Waals surface area contributed by atoms with Gasteiger partial charge in [-0.1, -0.05) is 103 Å². The van der Waals surface area contributed by atoms with E-state index >= 15 is 0 Å². The Bertz CT molecular complexity index is 1230. The number of nitrogens with zero attached hydrogens (tertiary/aromatic N) is 4. The average molecular weight is 630 g/mol. The zero-order valence-electron chi connectivity index (χ0n) is 27.2. The zero-order chi connectivity index (χ0) is 32.1. The molecule has 0 radical (unpaired) electrons. The molecule has 11 nitrogen and oxygen atoms in total. The summed E-state index contributed by atoms with van der Waals surface area (Å²) in [5, 5.41) is 13.6. The van der Waals surface area contributed by atoms with Gasteiger partial charge in [0.2, 0.25) is 0 Å². The lowest BCUT2D eigenvalue weighted by molar-refractivity contribution is 0.158. The minimum atomic E-state index is -3.67. The highest BCUT2D eigenvalue weighted by molar-refractivity contribution is 7.85. The molecule has 0 spiro atoms. The third kappa shape index (κ3) is 17.8. The molecule has 0 aliphatic rings. The van der Waals surface area contributed by atoms with Crippen LogP contribution in [0.25, 0.3) is 11.2 Å². The van der Waals surface area contributed by atoms with Crippen LogP contribution in [0.4, 0.5) is 0 Å². The number of unbranched alkanes of at least 4 members (excludes halogenated alkanes) is 15. The molecular formula is C31H59N5O6S. The van der Waals surface area contributed by atoms with Gasteiger partial charge in [-0.05, 0) is 25.8 Å². The Labute approximate surface area is 258 Å². The van der Waals surface area contributed by atoms with E-state index in [0.29, 0.717) is 30.5 Å². The van der Waals surface area contributed by atoms with Crippen molar-refractivity contribution in [3.05, 3.63) is 27.2 Å². The lowest BCUT2D eigenvalue weighted by Gasteiger charge is -2.12. The lowest BCUT2D eigenvalue weighted by Crippen LogP contribution is -2.39. The number of aromatic nitrogens is 4. The summed E-state index contributed by atoms with van der Waals surface area (Å²) in [5.74, 6) is 0. The molecule has 43 heavy (non-hydrogen) atoms. The number of aryl methyl sites for hydroxylation is 2. The highest BCUT2D eigenvalue weighted by atomic mass is 32.2. The number of nitrogens with one attached hydrogen (secondary N) is 1. The molecule has 0 saturated carbocycles. The number of aliphatic hydroxyl groups is 1. The van der Waals surface area contributed by atoms with E-state index in [9.17, 15) is 23.1 Å². The third-order valence-electron chi connectivity index (χ3n) is 7.71. The Balaban J connectivity index is 0.00000170. The van der Waals surface area contributed by atoms with Gasteiger partial charge in [0.1, 0.15) is 0 Å². The molecule has 2 aromatic rings. The predicted molar refractivity (Wildman–Crippen MR) is 175 cm³/mol. The fraction of sp³-hybridized carbons (Fsp3) is 0.839. The van der Waals surface area contributed by atoms with Gasteiger partial charge >= 0.3 is 5.69 Å². The Morgan fingerprint density at radius 1 is 0.837 bits per heavy atom. The second-order valence-corrected chi connectivity index (χ2v) is 13.3. The van der Waals surface area contributed by atoms with E-state index in [0.717, 1.165) is 51.5 Å². The van der Waals surface area contributed by atoms with Gasteiger partial charge in [0.25, 0.3) is 15.7 Å². The summed E-state index contributed by atoms with van der Waals surface area (Å²) in [5.41, 5.74) is 0.370. The number of rotatable bonds is 23. The van der Waals surface area contributed by atoms with E-state index in [4.69, 9.17) is 4.55 Å². The Kier molecular flexibility index (Phi) is 20.4. The van der Waals surface area contributed by atoms with E-state index in [1.165, 1.54) is 79.8 Å². The maximum Gasteiger partial charge on any atom is 0.332 e. The molecule has 1 unspecified atom stereocenters.